The average Bonchev–Trinajstić information content (AvgIpc) is 3.50. The number of hydrogen-bond donors (Lipinski definition) is 1. The molecular weight excluding hydrogens is 429 g/mol. The van der Waals surface area contributed by atoms with Gasteiger partial charge >= 0.3 is 0 Å². The molecule has 1 saturated heterocycles. The Morgan fingerprint density at radius 3 is 2.75 bits per heavy atom. The maximum atomic E-state index is 13.6. The van der Waals surface area contributed by atoms with Crippen LogP contribution in [0.25, 0.3) is 22.0 Å². The summed E-state index contributed by atoms with van der Waals surface area (Å²) in [6.45, 7) is 4.54. The topological polar surface area (TPSA) is 83.9 Å². The van der Waals surface area contributed by atoms with E-state index in [1.807, 2.05) is 36.1 Å². The van der Waals surface area contributed by atoms with Crippen LogP contribution in [0.5, 0.6) is 0 Å². The predicted octanol–water partition coefficient (Wildman–Crippen LogP) is 3.97. The summed E-state index contributed by atoms with van der Waals surface area (Å²) >= 11 is 0. The van der Waals surface area contributed by atoms with Gasteiger partial charge in [0.25, 0.3) is 0 Å². The van der Waals surface area contributed by atoms with E-state index in [9.17, 15) is 12.8 Å². The Morgan fingerprint density at radius 2 is 2.00 bits per heavy atom. The van der Waals surface area contributed by atoms with Crippen LogP contribution in [0.2, 0.25) is 0 Å². The van der Waals surface area contributed by atoms with Gasteiger partial charge in [-0.25, -0.2) is 12.8 Å². The molecule has 0 spiro atoms. The van der Waals surface area contributed by atoms with Crippen molar-refractivity contribution < 1.29 is 12.8 Å². The second kappa shape index (κ2) is 7.83. The SMILES string of the molecule is Cc1cc(S(=O)(=O)N2CC(Cn3ncc4cc(-c5cn[nH]c5)ccc43)C[C@H]2C)ccc1F. The van der Waals surface area contributed by atoms with E-state index in [1.165, 1.54) is 22.5 Å². The largest absolute Gasteiger partial charge is 0.285 e. The monoisotopic (exact) mass is 453 g/mol. The molecule has 166 valence electrons. The van der Waals surface area contributed by atoms with E-state index in [2.05, 4.69) is 21.4 Å². The first-order chi connectivity index (χ1) is 15.3. The highest BCUT2D eigenvalue weighted by Crippen LogP contribution is 2.32. The molecule has 0 aliphatic carbocycles. The lowest BCUT2D eigenvalue weighted by Gasteiger charge is -2.21. The average molecular weight is 454 g/mol. The molecule has 1 aliphatic heterocycles. The minimum absolute atomic E-state index is 0.134. The quantitative estimate of drug-likeness (QED) is 0.496. The maximum Gasteiger partial charge on any atom is 0.243 e. The number of aromatic nitrogens is 4. The molecule has 9 heteroatoms. The molecule has 1 fully saturated rings. The minimum Gasteiger partial charge on any atom is -0.285 e. The number of H-pyrrole nitrogens is 1. The number of hydrogen-bond acceptors (Lipinski definition) is 4. The Morgan fingerprint density at radius 1 is 1.16 bits per heavy atom. The van der Waals surface area contributed by atoms with Crippen molar-refractivity contribution in [3.63, 3.8) is 0 Å². The van der Waals surface area contributed by atoms with Gasteiger partial charge in [0.2, 0.25) is 10.0 Å². The summed E-state index contributed by atoms with van der Waals surface area (Å²) in [6, 6.07) is 9.99. The van der Waals surface area contributed by atoms with Crippen LogP contribution in [-0.4, -0.2) is 45.3 Å². The summed E-state index contributed by atoms with van der Waals surface area (Å²) < 4.78 is 43.5. The number of benzene rings is 2. The third-order valence-electron chi connectivity index (χ3n) is 6.24. The summed E-state index contributed by atoms with van der Waals surface area (Å²) in [5.41, 5.74) is 3.42. The molecule has 1 aliphatic rings. The first-order valence-electron chi connectivity index (χ1n) is 10.6. The van der Waals surface area contributed by atoms with Crippen molar-refractivity contribution in [3.05, 3.63) is 66.4 Å². The first kappa shape index (κ1) is 20.8. The molecule has 2 atom stereocenters. The van der Waals surface area contributed by atoms with Crippen LogP contribution in [0.15, 0.2) is 59.9 Å². The fourth-order valence-corrected chi connectivity index (χ4v) is 6.36. The molecule has 3 heterocycles. The standard InChI is InChI=1S/C23H24FN5O2S/c1-15-7-21(4-5-22(15)24)32(30,31)29-14-17(8-16(29)2)13-28-23-6-3-18(9-19(23)12-27-28)20-10-25-26-11-20/h3-7,9-12,16-17H,8,13-14H2,1-2H3,(H,25,26)/t16-,17?/m1/s1. The number of aromatic amines is 1. The van der Waals surface area contributed by atoms with Gasteiger partial charge in [0, 0.05) is 36.3 Å². The second-order valence-corrected chi connectivity index (χ2v) is 10.4. The molecule has 5 rings (SSSR count). The molecule has 0 saturated carbocycles. The molecule has 4 aromatic rings. The Kier molecular flexibility index (Phi) is 5.10. The van der Waals surface area contributed by atoms with Crippen LogP contribution in [0.4, 0.5) is 4.39 Å². The van der Waals surface area contributed by atoms with Crippen molar-refractivity contribution in [1.82, 2.24) is 24.3 Å². The van der Waals surface area contributed by atoms with E-state index >= 15 is 0 Å². The number of nitrogens with zero attached hydrogens (tertiary/aromatic N) is 4. The van der Waals surface area contributed by atoms with Gasteiger partial charge in [0.15, 0.2) is 0 Å². The van der Waals surface area contributed by atoms with Crippen molar-refractivity contribution in [2.75, 3.05) is 6.54 Å². The van der Waals surface area contributed by atoms with E-state index in [0.29, 0.717) is 18.7 Å². The van der Waals surface area contributed by atoms with Crippen molar-refractivity contribution >= 4 is 20.9 Å². The van der Waals surface area contributed by atoms with Gasteiger partial charge in [-0.2, -0.15) is 14.5 Å². The van der Waals surface area contributed by atoms with Crippen LogP contribution in [0.3, 0.4) is 0 Å². The van der Waals surface area contributed by atoms with E-state index < -0.39 is 15.8 Å². The summed E-state index contributed by atoms with van der Waals surface area (Å²) in [5.74, 6) is -0.268. The van der Waals surface area contributed by atoms with Crippen LogP contribution < -0.4 is 0 Å². The van der Waals surface area contributed by atoms with Gasteiger partial charge in [-0.3, -0.25) is 9.78 Å². The molecule has 0 radical (unpaired) electrons. The third-order valence-corrected chi connectivity index (χ3v) is 8.22. The normalized spacial score (nSPS) is 19.7. The Labute approximate surface area is 185 Å². The van der Waals surface area contributed by atoms with Gasteiger partial charge in [-0.1, -0.05) is 6.07 Å². The van der Waals surface area contributed by atoms with E-state index in [0.717, 1.165) is 28.5 Å². The smallest absolute Gasteiger partial charge is 0.243 e. The highest BCUT2D eigenvalue weighted by Gasteiger charge is 2.38. The fourth-order valence-electron chi connectivity index (χ4n) is 4.55. The molecule has 32 heavy (non-hydrogen) atoms. The van der Waals surface area contributed by atoms with E-state index in [1.54, 1.807) is 13.1 Å². The molecule has 0 bridgehead atoms. The van der Waals surface area contributed by atoms with Crippen molar-refractivity contribution in [1.29, 1.82) is 0 Å². The molecule has 2 aromatic carbocycles. The highest BCUT2D eigenvalue weighted by atomic mass is 32.2. The van der Waals surface area contributed by atoms with Crippen molar-refractivity contribution in [2.45, 2.75) is 37.8 Å². The van der Waals surface area contributed by atoms with E-state index in [-0.39, 0.29) is 16.9 Å². The lowest BCUT2D eigenvalue weighted by Crippen LogP contribution is -2.34. The number of rotatable bonds is 5. The number of nitrogens with one attached hydrogen (secondary N) is 1. The fraction of sp³-hybridized carbons (Fsp3) is 0.304. The van der Waals surface area contributed by atoms with Crippen LogP contribution >= 0.6 is 0 Å². The molecule has 1 unspecified atom stereocenters. The Balaban J connectivity index is 1.36. The molecule has 7 nitrogen and oxygen atoms in total. The Hall–Kier alpha value is -3.04. The van der Waals surface area contributed by atoms with Crippen molar-refractivity contribution in [3.8, 4) is 11.1 Å². The summed E-state index contributed by atoms with van der Waals surface area (Å²) in [4.78, 5) is 0.139. The zero-order valence-electron chi connectivity index (χ0n) is 17.9. The number of fused-ring (bicyclic) bond motifs is 1. The molecule has 0 amide bonds. The van der Waals surface area contributed by atoms with Gasteiger partial charge < -0.3 is 0 Å². The second-order valence-electron chi connectivity index (χ2n) is 8.52. The lowest BCUT2D eigenvalue weighted by atomic mass is 10.1. The predicted molar refractivity (Wildman–Crippen MR) is 120 cm³/mol. The molecular formula is C23H24FN5O2S. The Bertz CT molecular complexity index is 1380. The van der Waals surface area contributed by atoms with E-state index in [4.69, 9.17) is 0 Å². The number of sulfonamides is 1. The number of halogens is 1. The van der Waals surface area contributed by atoms with Crippen LogP contribution in [0, 0.1) is 18.7 Å². The molecule has 1 N–H and O–H groups in total. The van der Waals surface area contributed by atoms with Gasteiger partial charge in [-0.15, -0.1) is 0 Å². The van der Waals surface area contributed by atoms with Gasteiger partial charge in [0.05, 0.1) is 22.8 Å². The van der Waals surface area contributed by atoms with Gasteiger partial charge in [0.1, 0.15) is 5.82 Å². The summed E-state index contributed by atoms with van der Waals surface area (Å²) in [6.07, 6.45) is 6.22. The first-order valence-corrected chi connectivity index (χ1v) is 12.0. The zero-order valence-corrected chi connectivity index (χ0v) is 18.7. The van der Waals surface area contributed by atoms with Gasteiger partial charge in [-0.05, 0) is 67.6 Å². The molecule has 2 aromatic heterocycles. The third kappa shape index (κ3) is 3.61. The summed E-state index contributed by atoms with van der Waals surface area (Å²) in [5, 5.41) is 12.4. The number of aryl methyl sites for hydroxylation is 1. The van der Waals surface area contributed by atoms with Crippen molar-refractivity contribution in [2.24, 2.45) is 5.92 Å². The zero-order chi connectivity index (χ0) is 22.5. The van der Waals surface area contributed by atoms with Crippen LogP contribution in [0.1, 0.15) is 18.9 Å². The van der Waals surface area contributed by atoms with Crippen LogP contribution in [-0.2, 0) is 16.6 Å². The maximum absolute atomic E-state index is 13.6. The highest BCUT2D eigenvalue weighted by molar-refractivity contribution is 7.89. The minimum atomic E-state index is -3.68. The lowest BCUT2D eigenvalue weighted by molar-refractivity contribution is 0.396. The summed E-state index contributed by atoms with van der Waals surface area (Å²) in [7, 11) is -3.68.